The summed E-state index contributed by atoms with van der Waals surface area (Å²) in [4.78, 5) is 17.1. The number of carbonyl (C=O) groups is 1. The molecule has 6 nitrogen and oxygen atoms in total. The van der Waals surface area contributed by atoms with Crippen molar-refractivity contribution in [3.05, 3.63) is 29.8 Å². The molecular weight excluding hydrogens is 366 g/mol. The van der Waals surface area contributed by atoms with E-state index in [0.29, 0.717) is 13.2 Å². The van der Waals surface area contributed by atoms with Crippen LogP contribution in [0.2, 0.25) is 0 Å². The van der Waals surface area contributed by atoms with Gasteiger partial charge in [-0.3, -0.25) is 14.6 Å². The van der Waals surface area contributed by atoms with Gasteiger partial charge in [0.1, 0.15) is 12.4 Å². The molecule has 1 aromatic carbocycles. The van der Waals surface area contributed by atoms with E-state index < -0.39 is 0 Å². The lowest BCUT2D eigenvalue weighted by atomic mass is 9.79. The minimum Gasteiger partial charge on any atom is -0.492 e. The average Bonchev–Trinajstić information content (AvgIpc) is 2.74. The monoisotopic (exact) mass is 403 g/mol. The fraction of sp³-hybridized carbons (Fsp3) is 0.696. The number of carbonyl (C=O) groups excluding carboxylic acids is 1. The van der Waals surface area contributed by atoms with E-state index >= 15 is 0 Å². The Labute approximate surface area is 175 Å². The van der Waals surface area contributed by atoms with Crippen molar-refractivity contribution in [2.45, 2.75) is 44.6 Å². The van der Waals surface area contributed by atoms with Gasteiger partial charge >= 0.3 is 0 Å². The Kier molecular flexibility index (Phi) is 8.33. The van der Waals surface area contributed by atoms with Gasteiger partial charge < -0.3 is 14.8 Å². The molecule has 162 valence electrons. The molecule has 2 fully saturated rings. The molecule has 1 saturated carbocycles. The number of nitrogens with one attached hydrogen (secondary N) is 1. The first-order valence-corrected chi connectivity index (χ1v) is 11.0. The van der Waals surface area contributed by atoms with Gasteiger partial charge in [-0.15, -0.1) is 0 Å². The Morgan fingerprint density at radius 2 is 2.00 bits per heavy atom. The number of hydrogen-bond acceptors (Lipinski definition) is 5. The van der Waals surface area contributed by atoms with Crippen molar-refractivity contribution in [1.29, 1.82) is 0 Å². The van der Waals surface area contributed by atoms with E-state index in [0.717, 1.165) is 45.1 Å². The zero-order chi connectivity index (χ0) is 20.5. The number of benzene rings is 1. The maximum absolute atomic E-state index is 12.6. The number of hydrogen-bond donors (Lipinski definition) is 1. The summed E-state index contributed by atoms with van der Waals surface area (Å²) in [5.74, 6) is 0.980. The lowest BCUT2D eigenvalue weighted by Gasteiger charge is -2.48. The van der Waals surface area contributed by atoms with Crippen LogP contribution in [0.15, 0.2) is 24.3 Å². The van der Waals surface area contributed by atoms with Crippen LogP contribution >= 0.6 is 0 Å². The normalized spacial score (nSPS) is 19.8. The molecule has 1 aliphatic carbocycles. The van der Waals surface area contributed by atoms with Gasteiger partial charge in [0, 0.05) is 31.7 Å². The van der Waals surface area contributed by atoms with Crippen molar-refractivity contribution in [1.82, 2.24) is 15.1 Å². The summed E-state index contributed by atoms with van der Waals surface area (Å²) in [5, 5.41) is 3.23. The summed E-state index contributed by atoms with van der Waals surface area (Å²) in [6.07, 6.45) is 6.16. The maximum atomic E-state index is 12.6. The molecule has 1 N–H and O–H groups in total. The van der Waals surface area contributed by atoms with Crippen molar-refractivity contribution in [3.63, 3.8) is 0 Å². The SMILES string of the molecule is Cc1cccc(OCCN(C)CC(=O)NCC2(N3CCOCC3)CCCCC2)c1. The summed E-state index contributed by atoms with van der Waals surface area (Å²) in [6, 6.07) is 8.05. The molecule has 6 heteroatoms. The summed E-state index contributed by atoms with van der Waals surface area (Å²) in [7, 11) is 1.97. The third-order valence-electron chi connectivity index (χ3n) is 6.23. The first-order chi connectivity index (χ1) is 14.1. The molecule has 0 bridgehead atoms. The molecular formula is C23H37N3O3. The van der Waals surface area contributed by atoms with Crippen LogP contribution in [0.1, 0.15) is 37.7 Å². The van der Waals surface area contributed by atoms with Crippen LogP contribution in [0.3, 0.4) is 0 Å². The van der Waals surface area contributed by atoms with Gasteiger partial charge in [-0.2, -0.15) is 0 Å². The highest BCUT2D eigenvalue weighted by atomic mass is 16.5. The van der Waals surface area contributed by atoms with Gasteiger partial charge in [-0.05, 0) is 44.5 Å². The van der Waals surface area contributed by atoms with Gasteiger partial charge in [0.2, 0.25) is 5.91 Å². The highest BCUT2D eigenvalue weighted by Gasteiger charge is 2.38. The van der Waals surface area contributed by atoms with Crippen LogP contribution in [0.5, 0.6) is 5.75 Å². The van der Waals surface area contributed by atoms with Crippen molar-refractivity contribution < 1.29 is 14.3 Å². The molecule has 0 radical (unpaired) electrons. The molecule has 1 amide bonds. The molecule has 0 spiro atoms. The third kappa shape index (κ3) is 6.69. The molecule has 0 aromatic heterocycles. The smallest absolute Gasteiger partial charge is 0.234 e. The predicted molar refractivity (Wildman–Crippen MR) is 115 cm³/mol. The number of nitrogens with zero attached hydrogens (tertiary/aromatic N) is 2. The van der Waals surface area contributed by atoms with Crippen LogP contribution < -0.4 is 10.1 Å². The van der Waals surface area contributed by atoms with E-state index in [2.05, 4.69) is 23.2 Å². The van der Waals surface area contributed by atoms with E-state index in [1.807, 2.05) is 30.1 Å². The number of aryl methyl sites for hydroxylation is 1. The Bertz CT molecular complexity index is 640. The Morgan fingerprint density at radius 1 is 1.24 bits per heavy atom. The summed E-state index contributed by atoms with van der Waals surface area (Å²) in [5.41, 5.74) is 1.30. The Balaban J connectivity index is 1.41. The van der Waals surface area contributed by atoms with Gasteiger partial charge in [0.15, 0.2) is 0 Å². The van der Waals surface area contributed by atoms with Crippen LogP contribution in [-0.2, 0) is 9.53 Å². The standard InChI is InChI=1S/C23H37N3O3/c1-20-7-6-8-21(17-20)29-16-11-25(2)18-22(27)24-19-23(9-4-3-5-10-23)26-12-14-28-15-13-26/h6-8,17H,3-5,9-16,18-19H2,1-2H3,(H,24,27). The quantitative estimate of drug-likeness (QED) is 0.686. The second-order valence-electron chi connectivity index (χ2n) is 8.56. The lowest BCUT2D eigenvalue weighted by Crippen LogP contribution is -2.60. The lowest BCUT2D eigenvalue weighted by molar-refractivity contribution is -0.123. The van der Waals surface area contributed by atoms with E-state index in [9.17, 15) is 4.79 Å². The average molecular weight is 404 g/mol. The fourth-order valence-corrected chi connectivity index (χ4v) is 4.52. The number of likely N-dealkylation sites (N-methyl/N-ethyl adjacent to an activating group) is 1. The molecule has 0 unspecified atom stereocenters. The van der Waals surface area contributed by atoms with Crippen LogP contribution in [0.25, 0.3) is 0 Å². The summed E-state index contributed by atoms with van der Waals surface area (Å²) >= 11 is 0. The number of rotatable bonds is 9. The fourth-order valence-electron chi connectivity index (χ4n) is 4.52. The topological polar surface area (TPSA) is 54.0 Å². The highest BCUT2D eigenvalue weighted by Crippen LogP contribution is 2.33. The second kappa shape index (κ2) is 11.0. The zero-order valence-electron chi connectivity index (χ0n) is 18.1. The molecule has 0 atom stereocenters. The van der Waals surface area contributed by atoms with E-state index in [-0.39, 0.29) is 11.4 Å². The number of amides is 1. The van der Waals surface area contributed by atoms with Crippen molar-refractivity contribution in [2.75, 3.05) is 59.6 Å². The summed E-state index contributed by atoms with van der Waals surface area (Å²) < 4.78 is 11.3. The largest absolute Gasteiger partial charge is 0.492 e. The van der Waals surface area contributed by atoms with Crippen LogP contribution in [-0.4, -0.2) is 80.8 Å². The predicted octanol–water partition coefficient (Wildman–Crippen LogP) is 2.46. The minimum absolute atomic E-state index is 0.0984. The molecule has 1 aromatic rings. The number of morpholine rings is 1. The van der Waals surface area contributed by atoms with Crippen LogP contribution in [0.4, 0.5) is 0 Å². The summed E-state index contributed by atoms with van der Waals surface area (Å²) in [6.45, 7) is 8.06. The van der Waals surface area contributed by atoms with E-state index in [1.54, 1.807) is 0 Å². The van der Waals surface area contributed by atoms with Gasteiger partial charge in [0.25, 0.3) is 0 Å². The molecule has 1 saturated heterocycles. The highest BCUT2D eigenvalue weighted by molar-refractivity contribution is 5.78. The zero-order valence-corrected chi connectivity index (χ0v) is 18.1. The Morgan fingerprint density at radius 3 is 2.72 bits per heavy atom. The maximum Gasteiger partial charge on any atom is 0.234 e. The van der Waals surface area contributed by atoms with E-state index in [1.165, 1.54) is 37.7 Å². The second-order valence-corrected chi connectivity index (χ2v) is 8.56. The minimum atomic E-state index is 0.0984. The molecule has 3 rings (SSSR count). The van der Waals surface area contributed by atoms with Gasteiger partial charge in [0.05, 0.1) is 19.8 Å². The van der Waals surface area contributed by atoms with E-state index in [4.69, 9.17) is 9.47 Å². The van der Waals surface area contributed by atoms with Gasteiger partial charge in [-0.25, -0.2) is 0 Å². The molecule has 1 heterocycles. The molecule has 1 aliphatic heterocycles. The van der Waals surface area contributed by atoms with Crippen molar-refractivity contribution >= 4 is 5.91 Å². The first kappa shape index (κ1) is 22.1. The first-order valence-electron chi connectivity index (χ1n) is 11.0. The van der Waals surface area contributed by atoms with Crippen LogP contribution in [0, 0.1) is 6.92 Å². The number of ether oxygens (including phenoxy) is 2. The Hall–Kier alpha value is -1.63. The molecule has 2 aliphatic rings. The van der Waals surface area contributed by atoms with Gasteiger partial charge in [-0.1, -0.05) is 31.4 Å². The molecule has 29 heavy (non-hydrogen) atoms. The third-order valence-corrected chi connectivity index (χ3v) is 6.23. The van der Waals surface area contributed by atoms with Crippen molar-refractivity contribution in [3.8, 4) is 5.75 Å². The van der Waals surface area contributed by atoms with Crippen molar-refractivity contribution in [2.24, 2.45) is 0 Å².